The highest BCUT2D eigenvalue weighted by Crippen LogP contribution is 2.22. The zero-order chi connectivity index (χ0) is 10.5. The second-order valence-corrected chi connectivity index (χ2v) is 4.60. The van der Waals surface area contributed by atoms with E-state index in [0.717, 1.165) is 12.8 Å². The molecule has 0 unspecified atom stereocenters. The van der Waals surface area contributed by atoms with Gasteiger partial charge in [0.15, 0.2) is 0 Å². The molecule has 0 saturated heterocycles. The molecule has 0 nitrogen and oxygen atoms in total. The average Bonchev–Trinajstić information content (AvgIpc) is 2.71. The first-order valence-electron chi connectivity index (χ1n) is 5.30. The fourth-order valence-corrected chi connectivity index (χ4v) is 2.55. The molecule has 0 atom stereocenters. The van der Waals surface area contributed by atoms with E-state index in [1.807, 2.05) is 17.4 Å². The number of fused-ring (bicyclic) bond motifs is 1. The van der Waals surface area contributed by atoms with Gasteiger partial charge in [0.2, 0.25) is 0 Å². The number of hydrogen-bond acceptors (Lipinski definition) is 1. The van der Waals surface area contributed by atoms with Gasteiger partial charge in [-0.3, -0.25) is 0 Å². The van der Waals surface area contributed by atoms with E-state index >= 15 is 0 Å². The van der Waals surface area contributed by atoms with Crippen LogP contribution in [0.5, 0.6) is 0 Å². The lowest BCUT2D eigenvalue weighted by Crippen LogP contribution is -1.83. The second kappa shape index (κ2) is 5.13. The van der Waals surface area contributed by atoms with E-state index in [0.29, 0.717) is 0 Å². The quantitative estimate of drug-likeness (QED) is 0.653. The summed E-state index contributed by atoms with van der Waals surface area (Å²) >= 11 is 1.82. The molecule has 15 heavy (non-hydrogen) atoms. The molecular formula is C14H15S. The normalized spacial score (nSPS) is 11.5. The monoisotopic (exact) mass is 215 g/mol. The fourth-order valence-electron chi connectivity index (χ4n) is 1.70. The Bertz CT molecular complexity index is 451. The fraction of sp³-hybridized carbons (Fsp3) is 0.214. The van der Waals surface area contributed by atoms with E-state index in [1.165, 1.54) is 22.1 Å². The van der Waals surface area contributed by atoms with Gasteiger partial charge in [-0.05, 0) is 54.6 Å². The number of allylic oxidation sites excluding steroid dienone is 2. The topological polar surface area (TPSA) is 0 Å². The Kier molecular flexibility index (Phi) is 3.57. The van der Waals surface area contributed by atoms with E-state index in [9.17, 15) is 0 Å². The van der Waals surface area contributed by atoms with Crippen molar-refractivity contribution in [2.24, 2.45) is 0 Å². The highest BCUT2D eigenvalue weighted by molar-refractivity contribution is 7.17. The summed E-state index contributed by atoms with van der Waals surface area (Å²) < 4.78 is 1.40. The molecule has 1 heteroatoms. The number of unbranched alkanes of at least 4 members (excludes halogenated alkanes) is 1. The maximum Gasteiger partial charge on any atom is 0.0345 e. The molecule has 0 spiro atoms. The third-order valence-electron chi connectivity index (χ3n) is 2.52. The smallest absolute Gasteiger partial charge is 0.0345 e. The molecule has 0 aliphatic heterocycles. The number of hydrogen-bond donors (Lipinski definition) is 0. The van der Waals surface area contributed by atoms with Gasteiger partial charge in [-0.15, -0.1) is 11.3 Å². The molecule has 2 aromatic rings. The summed E-state index contributed by atoms with van der Waals surface area (Å²) in [6, 6.07) is 8.95. The van der Waals surface area contributed by atoms with Gasteiger partial charge in [0.25, 0.3) is 0 Å². The minimum absolute atomic E-state index is 1.13. The van der Waals surface area contributed by atoms with Gasteiger partial charge in [0.1, 0.15) is 0 Å². The van der Waals surface area contributed by atoms with Crippen LogP contribution in [0.15, 0.2) is 41.8 Å². The third-order valence-corrected chi connectivity index (χ3v) is 3.40. The number of benzene rings is 1. The largest absolute Gasteiger partial charge is 0.144 e. The first kappa shape index (κ1) is 10.4. The molecular weight excluding hydrogens is 200 g/mol. The zero-order valence-corrected chi connectivity index (χ0v) is 9.59. The van der Waals surface area contributed by atoms with Crippen molar-refractivity contribution in [2.75, 3.05) is 0 Å². The minimum Gasteiger partial charge on any atom is -0.144 e. The van der Waals surface area contributed by atoms with Gasteiger partial charge in [-0.25, -0.2) is 0 Å². The van der Waals surface area contributed by atoms with E-state index in [1.54, 1.807) is 0 Å². The summed E-state index contributed by atoms with van der Waals surface area (Å²) in [5, 5.41) is 3.52. The Morgan fingerprint density at radius 3 is 3.07 bits per heavy atom. The lowest BCUT2D eigenvalue weighted by Gasteiger charge is -1.99. The summed E-state index contributed by atoms with van der Waals surface area (Å²) in [6.07, 6.45) is 7.51. The molecule has 1 aromatic heterocycles. The Morgan fingerprint density at radius 2 is 2.20 bits per heavy atom. The predicted molar refractivity (Wildman–Crippen MR) is 69.3 cm³/mol. The summed E-state index contributed by atoms with van der Waals surface area (Å²) in [5.41, 5.74) is 1.45. The molecule has 0 aliphatic carbocycles. The minimum atomic E-state index is 1.13. The van der Waals surface area contributed by atoms with Crippen LogP contribution in [0.2, 0.25) is 0 Å². The van der Waals surface area contributed by atoms with Crippen LogP contribution >= 0.6 is 11.3 Å². The number of aryl methyl sites for hydroxylation is 1. The standard InChI is InChI=1S/C14H15S/c1-2-3-4-5-6-12-7-8-13-9-10-15-14(13)11-12/h2-3,7-11H,1,4-6H2. The van der Waals surface area contributed by atoms with E-state index < -0.39 is 0 Å². The highest BCUT2D eigenvalue weighted by Gasteiger charge is 1.97. The van der Waals surface area contributed by atoms with Crippen molar-refractivity contribution in [3.63, 3.8) is 0 Å². The Morgan fingerprint density at radius 1 is 1.27 bits per heavy atom. The molecule has 0 N–H and O–H groups in total. The summed E-state index contributed by atoms with van der Waals surface area (Å²) in [7, 11) is 0. The van der Waals surface area contributed by atoms with E-state index in [2.05, 4.69) is 42.6 Å². The average molecular weight is 215 g/mol. The van der Waals surface area contributed by atoms with Gasteiger partial charge in [-0.1, -0.05) is 24.3 Å². The van der Waals surface area contributed by atoms with Gasteiger partial charge in [0.05, 0.1) is 0 Å². The van der Waals surface area contributed by atoms with Gasteiger partial charge in [0, 0.05) is 4.70 Å². The van der Waals surface area contributed by atoms with Crippen LogP contribution < -0.4 is 0 Å². The lowest BCUT2D eigenvalue weighted by molar-refractivity contribution is 0.844. The Labute approximate surface area is 95.3 Å². The maximum absolute atomic E-state index is 3.69. The van der Waals surface area contributed by atoms with Crippen LogP contribution in [0.4, 0.5) is 0 Å². The van der Waals surface area contributed by atoms with Gasteiger partial charge >= 0.3 is 0 Å². The molecule has 0 amide bonds. The SMILES string of the molecule is [CH2]C=CCCCc1ccc2ccsc2c1. The first-order valence-corrected chi connectivity index (χ1v) is 6.18. The van der Waals surface area contributed by atoms with Gasteiger partial charge in [-0.2, -0.15) is 0 Å². The zero-order valence-electron chi connectivity index (χ0n) is 8.78. The van der Waals surface area contributed by atoms with Crippen LogP contribution in [-0.2, 0) is 6.42 Å². The highest BCUT2D eigenvalue weighted by atomic mass is 32.1. The van der Waals surface area contributed by atoms with Crippen molar-refractivity contribution in [1.82, 2.24) is 0 Å². The Balaban J connectivity index is 2.01. The van der Waals surface area contributed by atoms with Crippen LogP contribution in [0.25, 0.3) is 10.1 Å². The van der Waals surface area contributed by atoms with Crippen LogP contribution in [-0.4, -0.2) is 0 Å². The number of thiophene rings is 1. The van der Waals surface area contributed by atoms with Gasteiger partial charge < -0.3 is 0 Å². The first-order chi connectivity index (χ1) is 7.40. The van der Waals surface area contributed by atoms with Crippen molar-refractivity contribution in [3.05, 3.63) is 54.3 Å². The molecule has 1 aromatic carbocycles. The maximum atomic E-state index is 3.69. The molecule has 1 radical (unpaired) electrons. The predicted octanol–water partition coefficient (Wildman–Crippen LogP) is 4.61. The molecule has 1 heterocycles. The van der Waals surface area contributed by atoms with Crippen LogP contribution in [0.3, 0.4) is 0 Å². The molecule has 0 bridgehead atoms. The molecule has 0 aliphatic rings. The molecule has 0 saturated carbocycles. The van der Waals surface area contributed by atoms with Crippen LogP contribution in [0.1, 0.15) is 18.4 Å². The number of rotatable bonds is 4. The van der Waals surface area contributed by atoms with E-state index in [-0.39, 0.29) is 0 Å². The van der Waals surface area contributed by atoms with Crippen LogP contribution in [0, 0.1) is 6.92 Å². The summed E-state index contributed by atoms with van der Waals surface area (Å²) in [4.78, 5) is 0. The molecule has 2 rings (SSSR count). The summed E-state index contributed by atoms with van der Waals surface area (Å²) in [5.74, 6) is 0. The Hall–Kier alpha value is -1.08. The van der Waals surface area contributed by atoms with E-state index in [4.69, 9.17) is 0 Å². The van der Waals surface area contributed by atoms with Crippen molar-refractivity contribution < 1.29 is 0 Å². The van der Waals surface area contributed by atoms with Crippen molar-refractivity contribution in [2.45, 2.75) is 19.3 Å². The third kappa shape index (κ3) is 2.69. The lowest BCUT2D eigenvalue weighted by atomic mass is 10.1. The summed E-state index contributed by atoms with van der Waals surface area (Å²) in [6.45, 7) is 3.69. The molecule has 77 valence electrons. The van der Waals surface area contributed by atoms with Crippen molar-refractivity contribution in [3.8, 4) is 0 Å². The van der Waals surface area contributed by atoms with Crippen molar-refractivity contribution >= 4 is 21.4 Å². The second-order valence-electron chi connectivity index (χ2n) is 3.66. The van der Waals surface area contributed by atoms with Crippen molar-refractivity contribution in [1.29, 1.82) is 0 Å². The molecule has 0 fully saturated rings.